The Kier molecular flexibility index (Phi) is 5.44. The standard InChI is InChI=1S/C24H21N3O2S2/c1-28-18-9-5-16(6-10-18)21-15-31-24(25-21)27-22(17-7-11-19(29-2)12-8-17)14-20(26-27)23-4-3-13-30-23/h3-13,15,22H,14H2,1-2H3/t22-/m0/s1. The molecular weight excluding hydrogens is 426 g/mol. The van der Waals surface area contributed by atoms with Gasteiger partial charge in [0.25, 0.3) is 0 Å². The van der Waals surface area contributed by atoms with E-state index in [0.717, 1.165) is 40.0 Å². The summed E-state index contributed by atoms with van der Waals surface area (Å²) in [6, 6.07) is 20.5. The molecule has 0 N–H and O–H groups in total. The van der Waals surface area contributed by atoms with E-state index in [2.05, 4.69) is 40.0 Å². The third kappa shape index (κ3) is 3.94. The van der Waals surface area contributed by atoms with E-state index in [-0.39, 0.29) is 6.04 Å². The Labute approximate surface area is 189 Å². The lowest BCUT2D eigenvalue weighted by Gasteiger charge is -2.21. The highest BCUT2D eigenvalue weighted by atomic mass is 32.1. The Bertz CT molecular complexity index is 1180. The van der Waals surface area contributed by atoms with E-state index >= 15 is 0 Å². The summed E-state index contributed by atoms with van der Waals surface area (Å²) in [5, 5.41) is 12.1. The molecule has 0 unspecified atom stereocenters. The number of anilines is 1. The molecule has 31 heavy (non-hydrogen) atoms. The van der Waals surface area contributed by atoms with Gasteiger partial charge in [-0.25, -0.2) is 9.99 Å². The summed E-state index contributed by atoms with van der Waals surface area (Å²) in [7, 11) is 3.36. The van der Waals surface area contributed by atoms with E-state index in [1.165, 1.54) is 10.4 Å². The lowest BCUT2D eigenvalue weighted by Crippen LogP contribution is -2.18. The van der Waals surface area contributed by atoms with Crippen LogP contribution in [-0.4, -0.2) is 24.9 Å². The van der Waals surface area contributed by atoms with E-state index in [1.807, 2.05) is 36.4 Å². The second-order valence-corrected chi connectivity index (χ2v) is 8.89. The van der Waals surface area contributed by atoms with Crippen molar-refractivity contribution < 1.29 is 9.47 Å². The molecule has 0 radical (unpaired) electrons. The van der Waals surface area contributed by atoms with Crippen molar-refractivity contribution in [2.75, 3.05) is 19.2 Å². The van der Waals surface area contributed by atoms with Crippen LogP contribution in [0, 0.1) is 0 Å². The summed E-state index contributed by atoms with van der Waals surface area (Å²) in [4.78, 5) is 6.12. The van der Waals surface area contributed by atoms with Gasteiger partial charge in [-0.3, -0.25) is 0 Å². The van der Waals surface area contributed by atoms with Crippen LogP contribution in [-0.2, 0) is 0 Å². The van der Waals surface area contributed by atoms with E-state index in [4.69, 9.17) is 19.6 Å². The summed E-state index contributed by atoms with van der Waals surface area (Å²) >= 11 is 3.33. The fourth-order valence-electron chi connectivity index (χ4n) is 3.63. The van der Waals surface area contributed by atoms with Crippen LogP contribution >= 0.6 is 22.7 Å². The molecule has 7 heteroatoms. The number of benzene rings is 2. The average Bonchev–Trinajstić information content (AvgIpc) is 3.59. The fourth-order valence-corrected chi connectivity index (χ4v) is 5.18. The number of thiazole rings is 1. The molecule has 0 aliphatic carbocycles. The normalized spacial score (nSPS) is 15.7. The summed E-state index contributed by atoms with van der Waals surface area (Å²) in [5.41, 5.74) is 4.29. The predicted octanol–water partition coefficient (Wildman–Crippen LogP) is 6.24. The van der Waals surface area contributed by atoms with Gasteiger partial charge in [-0.2, -0.15) is 5.10 Å². The maximum Gasteiger partial charge on any atom is 0.207 e. The van der Waals surface area contributed by atoms with Gasteiger partial charge >= 0.3 is 0 Å². The molecule has 156 valence electrons. The lowest BCUT2D eigenvalue weighted by molar-refractivity contribution is 0.414. The van der Waals surface area contributed by atoms with Crippen LogP contribution in [0.1, 0.15) is 22.9 Å². The van der Waals surface area contributed by atoms with Gasteiger partial charge in [0.05, 0.1) is 36.5 Å². The molecule has 5 nitrogen and oxygen atoms in total. The Morgan fingerprint density at radius 3 is 2.26 bits per heavy atom. The van der Waals surface area contributed by atoms with Crippen molar-refractivity contribution in [3.8, 4) is 22.8 Å². The van der Waals surface area contributed by atoms with Crippen molar-refractivity contribution in [1.82, 2.24) is 4.98 Å². The van der Waals surface area contributed by atoms with Gasteiger partial charge in [0.1, 0.15) is 11.5 Å². The first-order chi connectivity index (χ1) is 15.2. The van der Waals surface area contributed by atoms with Crippen molar-refractivity contribution in [2.24, 2.45) is 5.10 Å². The minimum atomic E-state index is 0.0953. The van der Waals surface area contributed by atoms with Crippen LogP contribution in [0.15, 0.2) is 76.5 Å². The third-order valence-corrected chi connectivity index (χ3v) is 7.04. The highest BCUT2D eigenvalue weighted by Crippen LogP contribution is 2.40. The molecule has 0 fully saturated rings. The lowest BCUT2D eigenvalue weighted by atomic mass is 10.0. The maximum atomic E-state index is 5.33. The van der Waals surface area contributed by atoms with Gasteiger partial charge in [0.15, 0.2) is 0 Å². The zero-order valence-electron chi connectivity index (χ0n) is 17.2. The van der Waals surface area contributed by atoms with Gasteiger partial charge in [-0.1, -0.05) is 18.2 Å². The topological polar surface area (TPSA) is 47.0 Å². The van der Waals surface area contributed by atoms with Crippen molar-refractivity contribution >= 4 is 33.5 Å². The van der Waals surface area contributed by atoms with Gasteiger partial charge in [-0.05, 0) is 53.4 Å². The second kappa shape index (κ2) is 8.53. The fraction of sp³-hybridized carbons (Fsp3) is 0.167. The summed E-state index contributed by atoms with van der Waals surface area (Å²) in [6.07, 6.45) is 0.838. The molecule has 1 aliphatic rings. The number of ether oxygens (including phenoxy) is 2. The molecule has 0 amide bonds. The van der Waals surface area contributed by atoms with Crippen LogP contribution in [0.25, 0.3) is 11.3 Å². The molecule has 1 aliphatic heterocycles. The van der Waals surface area contributed by atoms with Gasteiger partial charge < -0.3 is 9.47 Å². The first-order valence-corrected chi connectivity index (χ1v) is 11.7. The number of methoxy groups -OCH3 is 2. The SMILES string of the molecule is COc1ccc(-c2csc(N3N=C(c4cccs4)C[C@H]3c3ccc(OC)cc3)n2)cc1. The number of nitrogens with zero attached hydrogens (tertiary/aromatic N) is 3. The molecule has 0 spiro atoms. The van der Waals surface area contributed by atoms with E-state index in [9.17, 15) is 0 Å². The largest absolute Gasteiger partial charge is 0.497 e. The Morgan fingerprint density at radius 1 is 0.903 bits per heavy atom. The smallest absolute Gasteiger partial charge is 0.207 e. The van der Waals surface area contributed by atoms with E-state index in [0.29, 0.717) is 0 Å². The van der Waals surface area contributed by atoms with Crippen LogP contribution in [0.5, 0.6) is 11.5 Å². The highest BCUT2D eigenvalue weighted by molar-refractivity contribution is 7.14. The summed E-state index contributed by atoms with van der Waals surface area (Å²) in [5.74, 6) is 1.69. The second-order valence-electron chi connectivity index (χ2n) is 7.11. The quantitative estimate of drug-likeness (QED) is 0.351. The van der Waals surface area contributed by atoms with E-state index in [1.54, 1.807) is 36.9 Å². The summed E-state index contributed by atoms with van der Waals surface area (Å²) in [6.45, 7) is 0. The van der Waals surface area contributed by atoms with Gasteiger partial charge in [0, 0.05) is 17.4 Å². The monoisotopic (exact) mass is 447 g/mol. The van der Waals surface area contributed by atoms with Crippen LogP contribution < -0.4 is 14.5 Å². The average molecular weight is 448 g/mol. The number of hydrogen-bond acceptors (Lipinski definition) is 7. The zero-order valence-corrected chi connectivity index (χ0v) is 18.8. The minimum Gasteiger partial charge on any atom is -0.497 e. The molecule has 0 saturated heterocycles. The molecule has 0 saturated carbocycles. The van der Waals surface area contributed by atoms with Gasteiger partial charge in [0.2, 0.25) is 5.13 Å². The number of hydrazone groups is 1. The molecule has 5 rings (SSSR count). The number of rotatable bonds is 6. The van der Waals surface area contributed by atoms with Crippen LogP contribution in [0.2, 0.25) is 0 Å². The van der Waals surface area contributed by atoms with Crippen LogP contribution in [0.3, 0.4) is 0 Å². The maximum absolute atomic E-state index is 5.33. The molecule has 1 atom stereocenters. The van der Waals surface area contributed by atoms with Crippen molar-refractivity contribution in [2.45, 2.75) is 12.5 Å². The Balaban J connectivity index is 1.49. The molecule has 2 aromatic heterocycles. The third-order valence-electron chi connectivity index (χ3n) is 5.29. The van der Waals surface area contributed by atoms with E-state index < -0.39 is 0 Å². The Hall–Kier alpha value is -3.16. The Morgan fingerprint density at radius 2 is 1.61 bits per heavy atom. The zero-order chi connectivity index (χ0) is 21.2. The summed E-state index contributed by atoms with van der Waals surface area (Å²) < 4.78 is 10.6. The van der Waals surface area contributed by atoms with Crippen LogP contribution in [0.4, 0.5) is 5.13 Å². The molecule has 3 heterocycles. The van der Waals surface area contributed by atoms with Crippen molar-refractivity contribution in [1.29, 1.82) is 0 Å². The predicted molar refractivity (Wildman–Crippen MR) is 128 cm³/mol. The molecular formula is C24H21N3O2S2. The molecule has 0 bridgehead atoms. The first kappa shape index (κ1) is 19.8. The number of hydrogen-bond donors (Lipinski definition) is 0. The van der Waals surface area contributed by atoms with Gasteiger partial charge in [-0.15, -0.1) is 22.7 Å². The first-order valence-electron chi connectivity index (χ1n) is 9.89. The number of thiophene rings is 1. The van der Waals surface area contributed by atoms with Crippen molar-refractivity contribution in [3.05, 3.63) is 81.9 Å². The number of aromatic nitrogens is 1. The van der Waals surface area contributed by atoms with Crippen molar-refractivity contribution in [3.63, 3.8) is 0 Å². The highest BCUT2D eigenvalue weighted by Gasteiger charge is 2.32. The molecule has 2 aromatic carbocycles. The molecule has 4 aromatic rings. The minimum absolute atomic E-state index is 0.0953.